The van der Waals surface area contributed by atoms with Gasteiger partial charge in [-0.15, -0.1) is 11.3 Å². The summed E-state index contributed by atoms with van der Waals surface area (Å²) in [5, 5.41) is 0.489. The van der Waals surface area contributed by atoms with Crippen LogP contribution in [-0.4, -0.2) is 5.78 Å². The molecule has 1 aromatic heterocycles. The van der Waals surface area contributed by atoms with Gasteiger partial charge in [0.05, 0.1) is 9.90 Å². The molecule has 17 heavy (non-hydrogen) atoms. The summed E-state index contributed by atoms with van der Waals surface area (Å²) in [6, 6.07) is 7.34. The Morgan fingerprint density at radius 1 is 1.29 bits per heavy atom. The van der Waals surface area contributed by atoms with Gasteiger partial charge in [-0.3, -0.25) is 4.79 Å². The largest absolute Gasteiger partial charge is 0.288 e. The molecular weight excluding hydrogens is 320 g/mol. The molecule has 0 unspecified atom stereocenters. The van der Waals surface area contributed by atoms with Crippen LogP contribution in [0.4, 0.5) is 0 Å². The highest BCUT2D eigenvalue weighted by Crippen LogP contribution is 2.28. The first kappa shape index (κ1) is 12.8. The molecule has 0 N–H and O–H groups in total. The highest BCUT2D eigenvalue weighted by molar-refractivity contribution is 9.10. The van der Waals surface area contributed by atoms with Gasteiger partial charge in [0.2, 0.25) is 5.78 Å². The SMILES string of the molecule is Cc1cc(C)c(C(=O)c2cc(Br)ccc2Cl)s1. The van der Waals surface area contributed by atoms with Crippen molar-refractivity contribution in [2.24, 2.45) is 0 Å². The monoisotopic (exact) mass is 328 g/mol. The number of halogens is 2. The minimum absolute atomic E-state index is 0.00750. The van der Waals surface area contributed by atoms with Crippen molar-refractivity contribution in [3.05, 3.63) is 54.6 Å². The molecule has 0 spiro atoms. The number of aryl methyl sites for hydroxylation is 2. The van der Waals surface area contributed by atoms with E-state index >= 15 is 0 Å². The van der Waals surface area contributed by atoms with E-state index in [0.717, 1.165) is 19.8 Å². The third-order valence-corrected chi connectivity index (χ3v) is 4.39. The minimum atomic E-state index is -0.00750. The second kappa shape index (κ2) is 4.92. The van der Waals surface area contributed by atoms with Crippen molar-refractivity contribution >= 4 is 44.7 Å². The molecule has 0 amide bonds. The van der Waals surface area contributed by atoms with E-state index < -0.39 is 0 Å². The summed E-state index contributed by atoms with van der Waals surface area (Å²) in [5.41, 5.74) is 1.56. The number of thiophene rings is 1. The van der Waals surface area contributed by atoms with E-state index in [-0.39, 0.29) is 5.78 Å². The topological polar surface area (TPSA) is 17.1 Å². The van der Waals surface area contributed by atoms with E-state index in [4.69, 9.17) is 11.6 Å². The summed E-state index contributed by atoms with van der Waals surface area (Å²) in [5.74, 6) is -0.00750. The molecule has 88 valence electrons. The Morgan fingerprint density at radius 3 is 2.59 bits per heavy atom. The second-order valence-corrected chi connectivity index (χ2v) is 6.40. The first-order chi connectivity index (χ1) is 7.99. The molecule has 0 bridgehead atoms. The van der Waals surface area contributed by atoms with Crippen LogP contribution in [0.25, 0.3) is 0 Å². The van der Waals surface area contributed by atoms with Crippen molar-refractivity contribution in [3.8, 4) is 0 Å². The van der Waals surface area contributed by atoms with Crippen molar-refractivity contribution in [3.63, 3.8) is 0 Å². The summed E-state index contributed by atoms with van der Waals surface area (Å²) in [7, 11) is 0. The molecule has 0 radical (unpaired) electrons. The zero-order chi connectivity index (χ0) is 12.6. The minimum Gasteiger partial charge on any atom is -0.288 e. The van der Waals surface area contributed by atoms with E-state index in [0.29, 0.717) is 10.6 Å². The predicted octanol–water partition coefficient (Wildman–Crippen LogP) is 5.01. The van der Waals surface area contributed by atoms with Crippen molar-refractivity contribution in [2.45, 2.75) is 13.8 Å². The van der Waals surface area contributed by atoms with Crippen LogP contribution in [-0.2, 0) is 0 Å². The first-order valence-corrected chi connectivity index (χ1v) is 7.04. The fourth-order valence-corrected chi connectivity index (χ4v) is 3.21. The van der Waals surface area contributed by atoms with Crippen molar-refractivity contribution < 1.29 is 4.79 Å². The van der Waals surface area contributed by atoms with Gasteiger partial charge in [-0.25, -0.2) is 0 Å². The molecule has 0 aliphatic carbocycles. The second-order valence-electron chi connectivity index (χ2n) is 3.82. The lowest BCUT2D eigenvalue weighted by molar-refractivity contribution is 0.104. The molecule has 1 heterocycles. The molecule has 0 saturated carbocycles. The standard InChI is InChI=1S/C13H10BrClOS/c1-7-5-8(2)17-13(7)12(16)10-6-9(14)3-4-11(10)15/h3-6H,1-2H3. The molecule has 0 aliphatic heterocycles. The van der Waals surface area contributed by atoms with Crippen molar-refractivity contribution in [1.82, 2.24) is 0 Å². The highest BCUT2D eigenvalue weighted by Gasteiger charge is 2.17. The summed E-state index contributed by atoms with van der Waals surface area (Å²) < 4.78 is 0.858. The fourth-order valence-electron chi connectivity index (χ4n) is 1.66. The number of ketones is 1. The number of carbonyl (C=O) groups is 1. The Balaban J connectivity index is 2.50. The lowest BCUT2D eigenvalue weighted by Gasteiger charge is -2.03. The third kappa shape index (κ3) is 2.62. The molecule has 2 aromatic rings. The molecule has 2 rings (SSSR count). The number of hydrogen-bond acceptors (Lipinski definition) is 2. The van der Waals surface area contributed by atoms with Gasteiger partial charge in [0.1, 0.15) is 0 Å². The van der Waals surface area contributed by atoms with Crippen LogP contribution in [0.5, 0.6) is 0 Å². The quantitative estimate of drug-likeness (QED) is 0.708. The summed E-state index contributed by atoms with van der Waals surface area (Å²) in [6.45, 7) is 3.94. The number of carbonyl (C=O) groups excluding carboxylic acids is 1. The maximum atomic E-state index is 12.4. The predicted molar refractivity (Wildman–Crippen MR) is 76.4 cm³/mol. The Labute approximate surface area is 118 Å². The highest BCUT2D eigenvalue weighted by atomic mass is 79.9. The Morgan fingerprint density at radius 2 is 2.00 bits per heavy atom. The molecule has 1 aromatic carbocycles. The fraction of sp³-hybridized carbons (Fsp3) is 0.154. The maximum Gasteiger partial charge on any atom is 0.204 e. The van der Waals surface area contributed by atoms with Gasteiger partial charge < -0.3 is 0 Å². The van der Waals surface area contributed by atoms with Gasteiger partial charge in [-0.2, -0.15) is 0 Å². The Hall–Kier alpha value is -0.640. The molecule has 4 heteroatoms. The Kier molecular flexibility index (Phi) is 3.71. The van der Waals surface area contributed by atoms with Crippen LogP contribution in [0.3, 0.4) is 0 Å². The summed E-state index contributed by atoms with van der Waals surface area (Å²) >= 11 is 10.9. The zero-order valence-electron chi connectivity index (χ0n) is 9.38. The lowest BCUT2D eigenvalue weighted by Crippen LogP contribution is -2.01. The molecule has 0 atom stereocenters. The third-order valence-electron chi connectivity index (χ3n) is 2.42. The first-order valence-electron chi connectivity index (χ1n) is 5.06. The van der Waals surface area contributed by atoms with Crippen molar-refractivity contribution in [1.29, 1.82) is 0 Å². The van der Waals surface area contributed by atoms with Gasteiger partial charge in [0, 0.05) is 14.9 Å². The van der Waals surface area contributed by atoms with Crippen LogP contribution in [0.1, 0.15) is 25.7 Å². The lowest BCUT2D eigenvalue weighted by atomic mass is 10.1. The zero-order valence-corrected chi connectivity index (χ0v) is 12.5. The maximum absolute atomic E-state index is 12.4. The number of benzene rings is 1. The van der Waals surface area contributed by atoms with E-state index in [1.165, 1.54) is 11.3 Å². The van der Waals surface area contributed by atoms with Crippen LogP contribution in [0.15, 0.2) is 28.7 Å². The van der Waals surface area contributed by atoms with Gasteiger partial charge in [0.15, 0.2) is 0 Å². The molecule has 0 fully saturated rings. The summed E-state index contributed by atoms with van der Waals surface area (Å²) in [4.78, 5) is 14.3. The molecule has 1 nitrogen and oxygen atoms in total. The average Bonchev–Trinajstić information content (AvgIpc) is 2.60. The van der Waals surface area contributed by atoms with E-state index in [2.05, 4.69) is 15.9 Å². The molecule has 0 saturated heterocycles. The van der Waals surface area contributed by atoms with Crippen LogP contribution < -0.4 is 0 Å². The van der Waals surface area contributed by atoms with Crippen molar-refractivity contribution in [2.75, 3.05) is 0 Å². The summed E-state index contributed by atoms with van der Waals surface area (Å²) in [6.07, 6.45) is 0. The smallest absolute Gasteiger partial charge is 0.204 e. The average molecular weight is 330 g/mol. The molecule has 0 aliphatic rings. The van der Waals surface area contributed by atoms with E-state index in [9.17, 15) is 4.79 Å². The Bertz CT molecular complexity index is 589. The van der Waals surface area contributed by atoms with Crippen LogP contribution >= 0.6 is 38.9 Å². The van der Waals surface area contributed by atoms with Crippen LogP contribution in [0, 0.1) is 13.8 Å². The van der Waals surface area contributed by atoms with E-state index in [1.54, 1.807) is 12.1 Å². The number of hydrogen-bond donors (Lipinski definition) is 0. The van der Waals surface area contributed by atoms with Gasteiger partial charge >= 0.3 is 0 Å². The van der Waals surface area contributed by atoms with Gasteiger partial charge in [-0.1, -0.05) is 27.5 Å². The molecular formula is C13H10BrClOS. The van der Waals surface area contributed by atoms with Gasteiger partial charge in [0.25, 0.3) is 0 Å². The van der Waals surface area contributed by atoms with Gasteiger partial charge in [-0.05, 0) is 43.7 Å². The normalized spacial score (nSPS) is 10.6. The van der Waals surface area contributed by atoms with E-state index in [1.807, 2.05) is 26.0 Å². The van der Waals surface area contributed by atoms with Crippen LogP contribution in [0.2, 0.25) is 5.02 Å². The number of rotatable bonds is 2.